The highest BCUT2D eigenvalue weighted by atomic mass is 16.5. The first-order valence-corrected chi connectivity index (χ1v) is 50.2. The molecule has 30 N–H and O–H groups in total. The van der Waals surface area contributed by atoms with Gasteiger partial charge in [-0.2, -0.15) is 0 Å². The summed E-state index contributed by atoms with van der Waals surface area (Å²) in [6.07, 6.45) is 11.3. The first kappa shape index (κ1) is 121. The number of aliphatic hydroxyl groups excluding tert-OH is 2. The Balaban J connectivity index is 1.03. The summed E-state index contributed by atoms with van der Waals surface area (Å²) < 4.78 is 10.8. The van der Waals surface area contributed by atoms with Crippen molar-refractivity contribution < 1.29 is 121 Å². The molecule has 53 nitrogen and oxygen atoms in total. The molecule has 148 heavy (non-hydrogen) atoms. The summed E-state index contributed by atoms with van der Waals surface area (Å²) >= 11 is 0. The summed E-state index contributed by atoms with van der Waals surface area (Å²) in [4.78, 5) is 277. The van der Waals surface area contributed by atoms with Gasteiger partial charge in [0.25, 0.3) is 5.91 Å². The Hall–Kier alpha value is -14.1. The number of rotatable bonds is 63. The second kappa shape index (κ2) is 66.9. The smallest absolute Gasteiger partial charge is 0.317 e. The zero-order chi connectivity index (χ0) is 108. The van der Waals surface area contributed by atoms with Crippen molar-refractivity contribution in [3.8, 4) is 0 Å². The molecular formula is C95H146N28O25. The first-order valence-electron chi connectivity index (χ1n) is 50.2. The number of unbranched alkanes of at least 4 members (excludes halogenated alkanes) is 13. The molecule has 5 heterocycles. The molecule has 0 radical (unpaired) electrons. The number of carbonyl (C=O) groups excluding carboxylic acids is 17. The number of aromatic amines is 3. The van der Waals surface area contributed by atoms with Gasteiger partial charge in [-0.3, -0.25) is 101 Å². The molecule has 9 unspecified atom stereocenters. The number of aryl methyl sites for hydroxylation is 1. The minimum Gasteiger partial charge on any atom is -0.480 e. The van der Waals surface area contributed by atoms with Crippen molar-refractivity contribution in [2.45, 2.75) is 285 Å². The fourth-order valence-corrected chi connectivity index (χ4v) is 16.5. The molecule has 2 aliphatic rings. The normalized spacial score (nSPS) is 18.2. The van der Waals surface area contributed by atoms with Gasteiger partial charge in [-0.25, -0.2) is 10.1 Å². The van der Waals surface area contributed by atoms with E-state index in [1.54, 1.807) is 67.7 Å². The van der Waals surface area contributed by atoms with Gasteiger partial charge in [0, 0.05) is 100.0 Å². The van der Waals surface area contributed by atoms with Crippen LogP contribution in [0.2, 0.25) is 0 Å². The van der Waals surface area contributed by atoms with Gasteiger partial charge in [0.05, 0.1) is 65.0 Å². The van der Waals surface area contributed by atoms with Crippen LogP contribution in [-0.4, -0.2) is 343 Å². The Morgan fingerprint density at radius 2 is 1.22 bits per heavy atom. The molecule has 5 aromatic rings. The minimum absolute atomic E-state index is 0.0473. The van der Waals surface area contributed by atoms with E-state index in [2.05, 4.69) is 115 Å². The molecule has 53 heteroatoms. The standard InChI is InChI=1S/C95H146N28O25/c1-2-3-28-65(85(137)112-68-35-37-77(128)101-38-23-22-30-64(83(97)136)108-89(141)70(45-59-48-104-63-29-21-20-27-62(59)63)113-86(138)66(31-24-39-103-95(98)99)109-88(140)69(44-58-25-16-15-17-26-58)115-92(144)73-47-61(125)51-123(73)94(68)146)111-93(145)84(116-79(130)52-122(53-81(132)133)54-82(134)135)117-90(142)71(46-60-49-100-57-106-60)114-87(139)67(34-36-74(96)126)110-91(143)72(55-124)107-78(129)50-105-80(131)56-148-43-42-147-41-40-102-76(127)33-19-14-12-10-8-6-4-5-7-9-11-13-18-32-75-118-120-121-119-75/h15-17,20-21,25-27,29,48-49,57,61,64-73,84,95,103-104,124-125H,2-14,18-19,22-24,28,30-47,50-56,98-99H2,1H3,(H2,96,126)(H2,97,136)(H,100,106)(H,101,128)(H,102,127)(H,105,131)(H,107,129)(H,108,141)(H,109,140)(H,110,143)(H,111,145)(H,112,137)(H,113,138)(H,114,139)(H,115,144)(H,116,130)(H,117,142)(H,132,133)(H,134,135)(H,118,119,120,121)/t61-,64?,65?,66?,67?,68?,69-,70+,71?,72?,73?,84?/m1/s1. The predicted molar refractivity (Wildman–Crippen MR) is 530 cm³/mol. The number of nitrogens with two attached hydrogens (primary N) is 4. The topological polar surface area (TPSA) is 814 Å². The molecule has 0 aliphatic carbocycles. The maximum atomic E-state index is 15.5. The molecule has 3 aromatic heterocycles. The number of tetrazole rings is 1. The van der Waals surface area contributed by atoms with Crippen LogP contribution in [0.1, 0.15) is 203 Å². The molecule has 12 atom stereocenters. The molecule has 0 spiro atoms. The number of benzene rings is 2. The lowest BCUT2D eigenvalue weighted by atomic mass is 10.0. The number of amides is 17. The van der Waals surface area contributed by atoms with Crippen LogP contribution in [0.25, 0.3) is 10.9 Å². The van der Waals surface area contributed by atoms with Gasteiger partial charge in [-0.05, 0) is 98.4 Å². The maximum absolute atomic E-state index is 15.5. The third-order valence-electron chi connectivity index (χ3n) is 24.4. The number of fused-ring (bicyclic) bond motifs is 2. The fourth-order valence-electron chi connectivity index (χ4n) is 16.5. The van der Waals surface area contributed by atoms with Crippen LogP contribution in [0.5, 0.6) is 0 Å². The Morgan fingerprint density at radius 1 is 0.588 bits per heavy atom. The van der Waals surface area contributed by atoms with Crippen molar-refractivity contribution in [2.24, 2.45) is 22.9 Å². The number of H-pyrrole nitrogens is 3. The van der Waals surface area contributed by atoms with Gasteiger partial charge in [-0.1, -0.05) is 139 Å². The Kier molecular flexibility index (Phi) is 54.6. The number of imidazole rings is 1. The van der Waals surface area contributed by atoms with E-state index in [1.807, 2.05) is 0 Å². The number of aromatic nitrogens is 7. The highest BCUT2D eigenvalue weighted by molar-refractivity contribution is 6.01. The Labute approximate surface area is 854 Å². The number of aliphatic hydroxyl groups is 2. The molecule has 2 fully saturated rings. The van der Waals surface area contributed by atoms with E-state index in [0.29, 0.717) is 33.4 Å². The third-order valence-corrected chi connectivity index (χ3v) is 24.4. The predicted octanol–water partition coefficient (Wildman–Crippen LogP) is -5.66. The van der Waals surface area contributed by atoms with Gasteiger partial charge in [-0.15, -0.1) is 5.10 Å². The number of nitrogens with one attached hydrogen (secondary N) is 18. The average Bonchev–Trinajstić information content (AvgIpc) is 1.66. The SMILES string of the molecule is CCCCC(NC(=O)C(NC(=O)CN(CC(=O)O)CC(=O)O)NC(=O)C(Cc1cnc[nH]1)NC(=O)C(CCC(N)=O)NC(=O)C(CO)NC(=O)CNC(=O)COCCOCCNC(=O)CCCCCCCCCCCCCCCc1nnn[nH]1)C(=O)NC1CCC(=O)NCCCCC(C(N)=O)NC(=O)[C@H](Cc2c[nH]c3ccccc23)NC(=O)C(CCCNC(N)N)NC(=O)[C@@H](Cc2ccccc2)NC(=O)C2C[C@@H](O)CN2C1=O. The van der Waals surface area contributed by atoms with Crippen LogP contribution in [0.15, 0.2) is 73.3 Å². The number of carboxylic acids is 2. The molecule has 0 saturated carbocycles. The van der Waals surface area contributed by atoms with E-state index < -0.39 is 270 Å². The summed E-state index contributed by atoms with van der Waals surface area (Å²) in [6, 6.07) is -1.49. The van der Waals surface area contributed by atoms with E-state index in [1.165, 1.54) is 57.6 Å². The van der Waals surface area contributed by atoms with E-state index in [4.69, 9.17) is 32.4 Å². The highest BCUT2D eigenvalue weighted by Gasteiger charge is 2.45. The Morgan fingerprint density at radius 3 is 1.88 bits per heavy atom. The quantitative estimate of drug-likeness (QED) is 0.0127. The Bertz CT molecular complexity index is 5060. The van der Waals surface area contributed by atoms with Gasteiger partial charge >= 0.3 is 11.9 Å². The summed E-state index contributed by atoms with van der Waals surface area (Å²) in [5, 5.41) is 93.7. The summed E-state index contributed by atoms with van der Waals surface area (Å²) in [5.41, 5.74) is 24.8. The van der Waals surface area contributed by atoms with Gasteiger partial charge in [0.1, 0.15) is 79.1 Å². The molecule has 17 amide bonds. The van der Waals surface area contributed by atoms with E-state index >= 15 is 28.8 Å². The number of carboxylic acid groups (broad SMARTS) is 2. The van der Waals surface area contributed by atoms with Crippen LogP contribution in [0, 0.1) is 0 Å². The molecule has 0 bridgehead atoms. The van der Waals surface area contributed by atoms with Crippen LogP contribution < -0.4 is 103 Å². The number of hydrogen-bond donors (Lipinski definition) is 26. The second-order valence-corrected chi connectivity index (χ2v) is 36.5. The highest BCUT2D eigenvalue weighted by Crippen LogP contribution is 2.25. The largest absolute Gasteiger partial charge is 0.480 e. The number of carbonyl (C=O) groups is 19. The minimum atomic E-state index is -2.43. The molecule has 2 aromatic carbocycles. The first-order chi connectivity index (χ1) is 71.1. The lowest BCUT2D eigenvalue weighted by Gasteiger charge is -2.31. The fraction of sp³-hybridized carbons (Fsp3) is 0.611. The number of ether oxygens (including phenoxy) is 2. The number of para-hydroxylation sites is 1. The number of primary amides is 2. The summed E-state index contributed by atoms with van der Waals surface area (Å²) in [6.45, 7) is -4.19. The van der Waals surface area contributed by atoms with Crippen molar-refractivity contribution in [1.82, 2.24) is 125 Å². The average molecular weight is 2080 g/mol. The molecule has 7 rings (SSSR count). The number of aliphatic carboxylic acids is 2. The van der Waals surface area contributed by atoms with E-state index in [9.17, 15) is 82.8 Å². The van der Waals surface area contributed by atoms with Crippen molar-refractivity contribution in [2.75, 3.05) is 85.4 Å². The van der Waals surface area contributed by atoms with Crippen LogP contribution >= 0.6 is 0 Å². The van der Waals surface area contributed by atoms with Crippen molar-refractivity contribution in [1.29, 1.82) is 0 Å². The zero-order valence-corrected chi connectivity index (χ0v) is 83.4. The number of nitrogens with zero attached hydrogens (tertiary/aromatic N) is 6. The molecular weight excluding hydrogens is 1930 g/mol. The zero-order valence-electron chi connectivity index (χ0n) is 83.4. The van der Waals surface area contributed by atoms with Gasteiger partial charge in [0.2, 0.25) is 94.5 Å². The van der Waals surface area contributed by atoms with Crippen molar-refractivity contribution >= 4 is 123 Å². The lowest BCUT2D eigenvalue weighted by Crippen LogP contribution is -2.64. The second-order valence-electron chi connectivity index (χ2n) is 36.5. The molecule has 816 valence electrons. The third kappa shape index (κ3) is 46.3. The van der Waals surface area contributed by atoms with Gasteiger partial charge in [0.15, 0.2) is 6.17 Å². The van der Waals surface area contributed by atoms with Crippen LogP contribution in [0.4, 0.5) is 0 Å². The summed E-state index contributed by atoms with van der Waals surface area (Å²) in [7, 11) is 0. The number of hydrogen-bond acceptors (Lipinski definition) is 31. The van der Waals surface area contributed by atoms with Crippen molar-refractivity contribution in [3.63, 3.8) is 0 Å². The van der Waals surface area contributed by atoms with Crippen molar-refractivity contribution in [3.05, 3.63) is 96.0 Å². The summed E-state index contributed by atoms with van der Waals surface area (Å²) in [5.74, 6) is -19.8. The van der Waals surface area contributed by atoms with Crippen LogP contribution in [-0.2, 0) is 126 Å². The lowest BCUT2D eigenvalue weighted by molar-refractivity contribution is -0.144. The maximum Gasteiger partial charge on any atom is 0.317 e. The van der Waals surface area contributed by atoms with E-state index in [-0.39, 0.29) is 115 Å². The monoisotopic (exact) mass is 2080 g/mol. The van der Waals surface area contributed by atoms with E-state index in [0.717, 1.165) is 55.6 Å². The van der Waals surface area contributed by atoms with Gasteiger partial charge < -0.3 is 142 Å². The molecule has 2 aliphatic heterocycles. The molecule has 2 saturated heterocycles. The van der Waals surface area contributed by atoms with Crippen LogP contribution in [0.3, 0.4) is 0 Å².